The van der Waals surface area contributed by atoms with Gasteiger partial charge in [0.15, 0.2) is 0 Å². The molecule has 1 unspecified atom stereocenters. The van der Waals surface area contributed by atoms with Crippen molar-refractivity contribution in [1.82, 2.24) is 10.2 Å². The normalized spacial score (nSPS) is 15.1. The first-order valence-electron chi connectivity index (χ1n) is 7.51. The molecule has 1 heterocycles. The minimum atomic E-state index is -0.0119. The molecule has 2 aromatic carbocycles. The van der Waals surface area contributed by atoms with E-state index in [4.69, 9.17) is 0 Å². The summed E-state index contributed by atoms with van der Waals surface area (Å²) in [5, 5.41) is 3.09. The molecule has 2 aromatic rings. The van der Waals surface area contributed by atoms with E-state index in [0.29, 0.717) is 6.54 Å². The largest absolute Gasteiger partial charge is 0.331 e. The van der Waals surface area contributed by atoms with Crippen LogP contribution in [-0.4, -0.2) is 17.5 Å². The van der Waals surface area contributed by atoms with Gasteiger partial charge in [0, 0.05) is 17.6 Å². The van der Waals surface area contributed by atoms with Gasteiger partial charge in [-0.1, -0.05) is 52.3 Å². The van der Waals surface area contributed by atoms with Gasteiger partial charge in [0.05, 0.1) is 6.04 Å². The Balaban J connectivity index is 1.65. The zero-order valence-electron chi connectivity index (χ0n) is 12.6. The van der Waals surface area contributed by atoms with Crippen LogP contribution in [0.15, 0.2) is 53.0 Å². The molecule has 0 aromatic heterocycles. The van der Waals surface area contributed by atoms with Gasteiger partial charge >= 0.3 is 6.03 Å². The second-order valence-corrected chi connectivity index (χ2v) is 6.58. The zero-order chi connectivity index (χ0) is 15.5. The number of carbonyl (C=O) groups excluding carboxylic acids is 1. The molecular formula is C18H19BrN2O. The highest BCUT2D eigenvalue weighted by Crippen LogP contribution is 2.21. The summed E-state index contributed by atoms with van der Waals surface area (Å²) in [4.78, 5) is 14.4. The van der Waals surface area contributed by atoms with Crippen LogP contribution >= 0.6 is 15.9 Å². The lowest BCUT2D eigenvalue weighted by Crippen LogP contribution is -2.43. The highest BCUT2D eigenvalue weighted by atomic mass is 79.9. The summed E-state index contributed by atoms with van der Waals surface area (Å²) in [5.41, 5.74) is 3.70. The molecule has 0 saturated carbocycles. The summed E-state index contributed by atoms with van der Waals surface area (Å²) in [6.45, 7) is 3.47. The Morgan fingerprint density at radius 1 is 1.18 bits per heavy atom. The van der Waals surface area contributed by atoms with Crippen LogP contribution in [0.5, 0.6) is 0 Å². The number of benzene rings is 2. The first-order valence-corrected chi connectivity index (χ1v) is 8.30. The van der Waals surface area contributed by atoms with Crippen molar-refractivity contribution in [2.45, 2.75) is 25.9 Å². The van der Waals surface area contributed by atoms with E-state index in [0.717, 1.165) is 23.0 Å². The molecule has 3 nitrogen and oxygen atoms in total. The standard InChI is InChI=1S/C18H19BrN2O/c1-13(15-7-4-8-17(19)11-15)20-18(22)21-10-9-14-5-2-3-6-16(14)12-21/h2-8,11,13H,9-10,12H2,1H3,(H,20,22). The van der Waals surface area contributed by atoms with Gasteiger partial charge in [-0.15, -0.1) is 0 Å². The third kappa shape index (κ3) is 3.33. The summed E-state index contributed by atoms with van der Waals surface area (Å²) in [5.74, 6) is 0. The summed E-state index contributed by atoms with van der Waals surface area (Å²) in [6, 6.07) is 16.4. The maximum atomic E-state index is 12.5. The van der Waals surface area contributed by atoms with Crippen molar-refractivity contribution in [2.24, 2.45) is 0 Å². The first kappa shape index (κ1) is 15.1. The minimum absolute atomic E-state index is 0.00183. The second kappa shape index (κ2) is 6.53. The number of fused-ring (bicyclic) bond motifs is 1. The fourth-order valence-corrected chi connectivity index (χ4v) is 3.22. The Kier molecular flexibility index (Phi) is 4.48. The predicted molar refractivity (Wildman–Crippen MR) is 91.6 cm³/mol. The quantitative estimate of drug-likeness (QED) is 0.853. The number of carbonyl (C=O) groups is 1. The lowest BCUT2D eigenvalue weighted by atomic mass is 10.0. The first-order chi connectivity index (χ1) is 10.6. The molecule has 1 aliphatic heterocycles. The van der Waals surface area contributed by atoms with E-state index >= 15 is 0 Å². The average molecular weight is 359 g/mol. The van der Waals surface area contributed by atoms with E-state index < -0.39 is 0 Å². The third-order valence-corrected chi connectivity index (χ3v) is 4.60. The molecule has 0 radical (unpaired) electrons. The van der Waals surface area contributed by atoms with Crippen LogP contribution in [0.2, 0.25) is 0 Å². The Bertz CT molecular complexity index is 686. The van der Waals surface area contributed by atoms with Gasteiger partial charge < -0.3 is 10.2 Å². The maximum absolute atomic E-state index is 12.5. The van der Waals surface area contributed by atoms with E-state index in [2.05, 4.69) is 39.4 Å². The minimum Gasteiger partial charge on any atom is -0.331 e. The van der Waals surface area contributed by atoms with Gasteiger partial charge in [-0.2, -0.15) is 0 Å². The van der Waals surface area contributed by atoms with E-state index in [-0.39, 0.29) is 12.1 Å². The number of urea groups is 1. The van der Waals surface area contributed by atoms with Gasteiger partial charge in [-0.05, 0) is 42.2 Å². The highest BCUT2D eigenvalue weighted by molar-refractivity contribution is 9.10. The van der Waals surface area contributed by atoms with Gasteiger partial charge in [-0.25, -0.2) is 4.79 Å². The van der Waals surface area contributed by atoms with Gasteiger partial charge in [0.1, 0.15) is 0 Å². The van der Waals surface area contributed by atoms with Gasteiger partial charge in [0.25, 0.3) is 0 Å². The van der Waals surface area contributed by atoms with Crippen LogP contribution < -0.4 is 5.32 Å². The topological polar surface area (TPSA) is 32.3 Å². The summed E-state index contributed by atoms with van der Waals surface area (Å²) < 4.78 is 1.03. The van der Waals surface area contributed by atoms with Crippen LogP contribution in [0.3, 0.4) is 0 Å². The lowest BCUT2D eigenvalue weighted by molar-refractivity contribution is 0.189. The van der Waals surface area contributed by atoms with Crippen molar-refractivity contribution in [2.75, 3.05) is 6.54 Å². The molecule has 1 atom stereocenters. The van der Waals surface area contributed by atoms with Gasteiger partial charge in [0.2, 0.25) is 0 Å². The Morgan fingerprint density at radius 2 is 1.95 bits per heavy atom. The number of nitrogens with one attached hydrogen (secondary N) is 1. The van der Waals surface area contributed by atoms with Crippen LogP contribution in [0.25, 0.3) is 0 Å². The average Bonchev–Trinajstić information content (AvgIpc) is 2.54. The number of amides is 2. The number of hydrogen-bond donors (Lipinski definition) is 1. The molecule has 0 fully saturated rings. The van der Waals surface area contributed by atoms with Crippen LogP contribution in [0.1, 0.15) is 29.7 Å². The molecule has 114 valence electrons. The molecular weight excluding hydrogens is 340 g/mol. The second-order valence-electron chi connectivity index (χ2n) is 5.67. The van der Waals surface area contributed by atoms with Crippen molar-refractivity contribution >= 4 is 22.0 Å². The Morgan fingerprint density at radius 3 is 2.73 bits per heavy atom. The molecule has 4 heteroatoms. The van der Waals surface area contributed by atoms with Gasteiger partial charge in [-0.3, -0.25) is 0 Å². The highest BCUT2D eigenvalue weighted by Gasteiger charge is 2.21. The molecule has 0 bridgehead atoms. The number of hydrogen-bond acceptors (Lipinski definition) is 1. The summed E-state index contributed by atoms with van der Waals surface area (Å²) >= 11 is 3.47. The van der Waals surface area contributed by atoms with Crippen molar-refractivity contribution in [3.8, 4) is 0 Å². The fourth-order valence-electron chi connectivity index (χ4n) is 2.80. The number of halogens is 1. The summed E-state index contributed by atoms with van der Waals surface area (Å²) in [6.07, 6.45) is 0.925. The Labute approximate surface area is 139 Å². The van der Waals surface area contributed by atoms with Crippen molar-refractivity contribution in [3.05, 3.63) is 69.7 Å². The number of rotatable bonds is 2. The molecule has 0 aliphatic carbocycles. The molecule has 22 heavy (non-hydrogen) atoms. The Hall–Kier alpha value is -1.81. The van der Waals surface area contributed by atoms with E-state index in [1.54, 1.807) is 0 Å². The van der Waals surface area contributed by atoms with Crippen LogP contribution in [0, 0.1) is 0 Å². The third-order valence-electron chi connectivity index (χ3n) is 4.11. The van der Waals surface area contributed by atoms with E-state index in [1.807, 2.05) is 42.2 Å². The van der Waals surface area contributed by atoms with Crippen molar-refractivity contribution in [1.29, 1.82) is 0 Å². The molecule has 0 spiro atoms. The monoisotopic (exact) mass is 358 g/mol. The van der Waals surface area contributed by atoms with E-state index in [1.165, 1.54) is 11.1 Å². The molecule has 1 N–H and O–H groups in total. The van der Waals surface area contributed by atoms with Crippen LogP contribution in [-0.2, 0) is 13.0 Å². The summed E-state index contributed by atoms with van der Waals surface area (Å²) in [7, 11) is 0. The maximum Gasteiger partial charge on any atom is 0.318 e. The molecule has 2 amide bonds. The van der Waals surface area contributed by atoms with Crippen molar-refractivity contribution < 1.29 is 4.79 Å². The predicted octanol–water partition coefficient (Wildman–Crippen LogP) is 4.28. The molecule has 1 aliphatic rings. The zero-order valence-corrected chi connectivity index (χ0v) is 14.1. The fraction of sp³-hybridized carbons (Fsp3) is 0.278. The van der Waals surface area contributed by atoms with E-state index in [9.17, 15) is 4.79 Å². The van der Waals surface area contributed by atoms with Crippen LogP contribution in [0.4, 0.5) is 4.79 Å². The smallest absolute Gasteiger partial charge is 0.318 e. The molecule has 3 rings (SSSR count). The lowest BCUT2D eigenvalue weighted by Gasteiger charge is -2.30. The van der Waals surface area contributed by atoms with Crippen molar-refractivity contribution in [3.63, 3.8) is 0 Å². The molecule has 0 saturated heterocycles. The number of nitrogens with zero attached hydrogens (tertiary/aromatic N) is 1. The SMILES string of the molecule is CC(NC(=O)N1CCc2ccccc2C1)c1cccc(Br)c1.